The number of nitrogens with one attached hydrogen (secondary N) is 1. The van der Waals surface area contributed by atoms with Crippen LogP contribution in [0.3, 0.4) is 0 Å². The maximum absolute atomic E-state index is 12.8. The lowest BCUT2D eigenvalue weighted by Gasteiger charge is -2.13. The van der Waals surface area contributed by atoms with E-state index in [4.69, 9.17) is 0 Å². The second-order valence-corrected chi connectivity index (χ2v) is 10.6. The SMILES string of the molecule is Cc1ccc(S(=O)(=O)N(C)C)cc1C(=O)Nc1nc(-c2ccc3c(c2)CCC3)cs1. The molecule has 0 spiro atoms. The first-order valence-corrected chi connectivity index (χ1v) is 12.0. The van der Waals surface area contributed by atoms with Crippen LogP contribution in [0.4, 0.5) is 5.13 Å². The summed E-state index contributed by atoms with van der Waals surface area (Å²) in [6.45, 7) is 1.78. The Hall–Kier alpha value is -2.55. The molecular weight excluding hydrogens is 418 g/mol. The van der Waals surface area contributed by atoms with E-state index in [-0.39, 0.29) is 10.8 Å². The summed E-state index contributed by atoms with van der Waals surface area (Å²) < 4.78 is 25.9. The number of aryl methyl sites for hydroxylation is 3. The normalized spacial score (nSPS) is 13.5. The molecular formula is C22H23N3O3S2. The first-order valence-electron chi connectivity index (χ1n) is 9.68. The Morgan fingerprint density at radius 3 is 2.63 bits per heavy atom. The minimum absolute atomic E-state index is 0.0845. The van der Waals surface area contributed by atoms with Gasteiger partial charge in [-0.1, -0.05) is 18.2 Å². The van der Waals surface area contributed by atoms with E-state index >= 15 is 0 Å². The molecule has 0 saturated carbocycles. The predicted molar refractivity (Wildman–Crippen MR) is 120 cm³/mol. The van der Waals surface area contributed by atoms with E-state index in [1.807, 2.05) is 5.38 Å². The molecule has 0 radical (unpaired) electrons. The summed E-state index contributed by atoms with van der Waals surface area (Å²) in [5.41, 5.74) is 5.66. The molecule has 4 rings (SSSR count). The molecule has 0 saturated heterocycles. The molecule has 1 aromatic heterocycles. The molecule has 1 heterocycles. The van der Waals surface area contributed by atoms with E-state index in [0.717, 1.165) is 28.4 Å². The lowest BCUT2D eigenvalue weighted by molar-refractivity contribution is 0.102. The Kier molecular flexibility index (Phi) is 5.48. The van der Waals surface area contributed by atoms with Crippen LogP contribution in [-0.4, -0.2) is 37.7 Å². The van der Waals surface area contributed by atoms with Gasteiger partial charge in [0.25, 0.3) is 5.91 Å². The average Bonchev–Trinajstić information content (AvgIpc) is 3.36. The van der Waals surface area contributed by atoms with Gasteiger partial charge in [-0.05, 0) is 61.1 Å². The van der Waals surface area contributed by atoms with Crippen molar-refractivity contribution in [1.82, 2.24) is 9.29 Å². The van der Waals surface area contributed by atoms with Crippen molar-refractivity contribution in [3.05, 3.63) is 64.0 Å². The van der Waals surface area contributed by atoms with Crippen LogP contribution in [0.2, 0.25) is 0 Å². The first-order chi connectivity index (χ1) is 14.3. The van der Waals surface area contributed by atoms with Crippen LogP contribution in [0.1, 0.15) is 33.5 Å². The van der Waals surface area contributed by atoms with Gasteiger partial charge in [0.05, 0.1) is 10.6 Å². The van der Waals surface area contributed by atoms with Gasteiger partial charge in [-0.3, -0.25) is 10.1 Å². The number of sulfonamides is 1. The van der Waals surface area contributed by atoms with Crippen molar-refractivity contribution >= 4 is 32.4 Å². The fourth-order valence-electron chi connectivity index (χ4n) is 3.58. The number of benzene rings is 2. The van der Waals surface area contributed by atoms with Crippen LogP contribution in [0.15, 0.2) is 46.7 Å². The number of amides is 1. The minimum Gasteiger partial charge on any atom is -0.298 e. The van der Waals surface area contributed by atoms with Crippen LogP contribution < -0.4 is 5.32 Å². The molecule has 1 aliphatic carbocycles. The third-order valence-electron chi connectivity index (χ3n) is 5.35. The van der Waals surface area contributed by atoms with Crippen LogP contribution in [0, 0.1) is 6.92 Å². The van der Waals surface area contributed by atoms with Crippen LogP contribution >= 0.6 is 11.3 Å². The summed E-state index contributed by atoms with van der Waals surface area (Å²) in [5, 5.41) is 5.21. The van der Waals surface area contributed by atoms with E-state index < -0.39 is 10.0 Å². The molecule has 0 aliphatic heterocycles. The second kappa shape index (κ2) is 7.94. The smallest absolute Gasteiger partial charge is 0.257 e. The molecule has 0 bridgehead atoms. The van der Waals surface area contributed by atoms with Gasteiger partial charge in [0.15, 0.2) is 5.13 Å². The quantitative estimate of drug-likeness (QED) is 0.646. The highest BCUT2D eigenvalue weighted by Gasteiger charge is 2.21. The Balaban J connectivity index is 1.57. The molecule has 1 amide bonds. The number of hydrogen-bond donors (Lipinski definition) is 1. The number of nitrogens with zero attached hydrogens (tertiary/aromatic N) is 2. The van der Waals surface area contributed by atoms with Gasteiger partial charge in [0.1, 0.15) is 0 Å². The van der Waals surface area contributed by atoms with Crippen LogP contribution in [0.5, 0.6) is 0 Å². The molecule has 0 atom stereocenters. The molecule has 156 valence electrons. The lowest BCUT2D eigenvalue weighted by atomic mass is 10.1. The summed E-state index contributed by atoms with van der Waals surface area (Å²) >= 11 is 1.35. The van der Waals surface area contributed by atoms with E-state index in [0.29, 0.717) is 16.3 Å². The van der Waals surface area contributed by atoms with Crippen molar-refractivity contribution in [2.75, 3.05) is 19.4 Å². The van der Waals surface area contributed by atoms with E-state index in [1.165, 1.54) is 55.1 Å². The number of aromatic nitrogens is 1. The molecule has 3 aromatic rings. The molecule has 0 unspecified atom stereocenters. The number of fused-ring (bicyclic) bond motifs is 1. The third kappa shape index (κ3) is 3.90. The van der Waals surface area contributed by atoms with Gasteiger partial charge in [0.2, 0.25) is 10.0 Å². The maximum atomic E-state index is 12.8. The van der Waals surface area contributed by atoms with Crippen molar-refractivity contribution in [2.24, 2.45) is 0 Å². The Bertz CT molecular complexity index is 1230. The van der Waals surface area contributed by atoms with Crippen molar-refractivity contribution < 1.29 is 13.2 Å². The summed E-state index contributed by atoms with van der Waals surface area (Å²) in [6.07, 6.45) is 3.43. The van der Waals surface area contributed by atoms with Gasteiger partial charge in [-0.15, -0.1) is 11.3 Å². The fraction of sp³-hybridized carbons (Fsp3) is 0.273. The molecule has 1 N–H and O–H groups in total. The van der Waals surface area contributed by atoms with Crippen molar-refractivity contribution in [3.63, 3.8) is 0 Å². The molecule has 8 heteroatoms. The zero-order valence-corrected chi connectivity index (χ0v) is 18.7. The van der Waals surface area contributed by atoms with Crippen molar-refractivity contribution in [3.8, 4) is 11.3 Å². The lowest BCUT2D eigenvalue weighted by Crippen LogP contribution is -2.23. The summed E-state index contributed by atoms with van der Waals surface area (Å²) in [4.78, 5) is 17.5. The first kappa shape index (κ1) is 20.7. The third-order valence-corrected chi connectivity index (χ3v) is 7.92. The average molecular weight is 442 g/mol. The van der Waals surface area contributed by atoms with Gasteiger partial charge < -0.3 is 0 Å². The topological polar surface area (TPSA) is 79.4 Å². The zero-order valence-electron chi connectivity index (χ0n) is 17.1. The van der Waals surface area contributed by atoms with Crippen LogP contribution in [-0.2, 0) is 22.9 Å². The number of thiazole rings is 1. The molecule has 6 nitrogen and oxygen atoms in total. The summed E-state index contributed by atoms with van der Waals surface area (Å²) in [7, 11) is -0.693. The monoisotopic (exact) mass is 441 g/mol. The van der Waals surface area contributed by atoms with E-state index in [9.17, 15) is 13.2 Å². The van der Waals surface area contributed by atoms with Gasteiger partial charge in [-0.2, -0.15) is 0 Å². The van der Waals surface area contributed by atoms with Crippen molar-refractivity contribution in [1.29, 1.82) is 0 Å². The molecule has 1 aliphatic rings. The Labute approximate surface area is 180 Å². The largest absolute Gasteiger partial charge is 0.298 e. The van der Waals surface area contributed by atoms with Crippen LogP contribution in [0.25, 0.3) is 11.3 Å². The van der Waals surface area contributed by atoms with E-state index in [2.05, 4.69) is 28.5 Å². The number of carbonyl (C=O) groups excluding carboxylic acids is 1. The maximum Gasteiger partial charge on any atom is 0.257 e. The van der Waals surface area contributed by atoms with Gasteiger partial charge in [0, 0.05) is 30.6 Å². The highest BCUT2D eigenvalue weighted by atomic mass is 32.2. The Morgan fingerprint density at radius 2 is 1.87 bits per heavy atom. The minimum atomic E-state index is -3.62. The summed E-state index contributed by atoms with van der Waals surface area (Å²) in [6, 6.07) is 11.0. The molecule has 30 heavy (non-hydrogen) atoms. The van der Waals surface area contributed by atoms with Crippen molar-refractivity contribution in [2.45, 2.75) is 31.1 Å². The zero-order chi connectivity index (χ0) is 21.5. The summed E-state index contributed by atoms with van der Waals surface area (Å²) in [5.74, 6) is -0.377. The second-order valence-electron chi connectivity index (χ2n) is 7.59. The highest BCUT2D eigenvalue weighted by Crippen LogP contribution is 2.30. The number of rotatable bonds is 5. The van der Waals surface area contributed by atoms with E-state index in [1.54, 1.807) is 13.0 Å². The number of anilines is 1. The van der Waals surface area contributed by atoms with Gasteiger partial charge in [-0.25, -0.2) is 17.7 Å². The predicted octanol–water partition coefficient (Wildman–Crippen LogP) is 4.11. The standard InChI is InChI=1S/C22H23N3O3S2/c1-14-7-10-18(30(27,28)25(2)3)12-19(14)21(26)24-22-23-20(13-29-22)17-9-8-15-5-4-6-16(15)11-17/h7-13H,4-6H2,1-3H3,(H,23,24,26). The Morgan fingerprint density at radius 1 is 1.10 bits per heavy atom. The fourth-order valence-corrected chi connectivity index (χ4v) is 5.22. The molecule has 2 aromatic carbocycles. The van der Waals surface area contributed by atoms with Gasteiger partial charge >= 0.3 is 0 Å². The number of carbonyl (C=O) groups is 1. The number of hydrogen-bond acceptors (Lipinski definition) is 5. The highest BCUT2D eigenvalue weighted by molar-refractivity contribution is 7.89. The molecule has 0 fully saturated rings.